The Morgan fingerprint density at radius 3 is 2.27 bits per heavy atom. The first-order valence-corrected chi connectivity index (χ1v) is 17.3. The van der Waals surface area contributed by atoms with Crippen molar-refractivity contribution < 1.29 is 4.42 Å². The number of allylic oxidation sites excluding steroid dienone is 3. The van der Waals surface area contributed by atoms with E-state index in [4.69, 9.17) is 14.4 Å². The van der Waals surface area contributed by atoms with Gasteiger partial charge in [-0.1, -0.05) is 103 Å². The summed E-state index contributed by atoms with van der Waals surface area (Å²) in [6.07, 6.45) is 7.61. The third-order valence-electron chi connectivity index (χ3n) is 9.51. The van der Waals surface area contributed by atoms with Gasteiger partial charge in [0, 0.05) is 27.9 Å². The lowest BCUT2D eigenvalue weighted by Crippen LogP contribution is -1.95. The van der Waals surface area contributed by atoms with Crippen LogP contribution in [0.5, 0.6) is 0 Å². The molecule has 0 amide bonds. The molecule has 0 aliphatic carbocycles. The second-order valence-corrected chi connectivity index (χ2v) is 12.7. The third kappa shape index (κ3) is 5.45. The first kappa shape index (κ1) is 31.0. The van der Waals surface area contributed by atoms with Gasteiger partial charge in [0.2, 0.25) is 0 Å². The maximum atomic E-state index is 6.63. The van der Waals surface area contributed by atoms with E-state index in [1.165, 1.54) is 5.39 Å². The molecule has 52 heavy (non-hydrogen) atoms. The highest BCUT2D eigenvalue weighted by molar-refractivity contribution is 6.22. The summed E-state index contributed by atoms with van der Waals surface area (Å²) in [4.78, 5) is 19.1. The number of hydrogen-bond donors (Lipinski definition) is 0. The van der Waals surface area contributed by atoms with Crippen LogP contribution in [0.1, 0.15) is 12.6 Å². The van der Waals surface area contributed by atoms with Crippen molar-refractivity contribution in [2.24, 2.45) is 4.99 Å². The molecule has 9 aromatic rings. The van der Waals surface area contributed by atoms with E-state index in [2.05, 4.69) is 126 Å². The number of nitrogens with zero attached hydrogens (tertiary/aromatic N) is 4. The SMILES string of the molecule is C=N/C(=C\C=C/C)c1cc(-c2cccc(-c3ccc4nc(-c5cccc6ccccc56)c5oc6ccccc6c5c4c3)c2)cc(-c2ccccn2)n1. The van der Waals surface area contributed by atoms with Gasteiger partial charge in [-0.05, 0) is 101 Å². The number of hydrogen-bond acceptors (Lipinski definition) is 5. The number of aromatic nitrogens is 3. The minimum absolute atomic E-state index is 0.689. The molecule has 9 rings (SSSR count). The zero-order valence-corrected chi connectivity index (χ0v) is 28.5. The Morgan fingerprint density at radius 2 is 1.42 bits per heavy atom. The number of para-hydroxylation sites is 1. The summed E-state index contributed by atoms with van der Waals surface area (Å²) < 4.78 is 6.63. The molecule has 0 unspecified atom stereocenters. The highest BCUT2D eigenvalue weighted by Gasteiger charge is 2.20. The quantitative estimate of drug-likeness (QED) is 0.125. The van der Waals surface area contributed by atoms with Crippen molar-refractivity contribution >= 4 is 56.0 Å². The number of furan rings is 1. The summed E-state index contributed by atoms with van der Waals surface area (Å²) in [6, 6.07) is 48.2. The van der Waals surface area contributed by atoms with E-state index in [1.807, 2.05) is 55.5 Å². The average molecular weight is 669 g/mol. The van der Waals surface area contributed by atoms with Crippen LogP contribution >= 0.6 is 0 Å². The van der Waals surface area contributed by atoms with Gasteiger partial charge in [0.25, 0.3) is 0 Å². The predicted molar refractivity (Wildman–Crippen MR) is 216 cm³/mol. The maximum absolute atomic E-state index is 6.63. The van der Waals surface area contributed by atoms with Crippen LogP contribution in [0.2, 0.25) is 0 Å². The number of aliphatic imine (C=N–C) groups is 1. The van der Waals surface area contributed by atoms with Gasteiger partial charge in [-0.15, -0.1) is 0 Å². The normalized spacial score (nSPS) is 12.1. The molecular weight excluding hydrogens is 637 g/mol. The zero-order valence-electron chi connectivity index (χ0n) is 28.5. The van der Waals surface area contributed by atoms with Crippen LogP contribution in [0, 0.1) is 0 Å². The van der Waals surface area contributed by atoms with E-state index in [1.54, 1.807) is 6.20 Å². The average Bonchev–Trinajstić information content (AvgIpc) is 3.61. The Kier molecular flexibility index (Phi) is 7.79. The van der Waals surface area contributed by atoms with Crippen molar-refractivity contribution in [3.05, 3.63) is 170 Å². The molecule has 0 atom stereocenters. The number of fused-ring (bicyclic) bond motifs is 6. The molecule has 0 fully saturated rings. The largest absolute Gasteiger partial charge is 0.454 e. The molecule has 0 radical (unpaired) electrons. The minimum Gasteiger partial charge on any atom is -0.454 e. The lowest BCUT2D eigenvalue weighted by Gasteiger charge is -2.12. The number of pyridine rings is 3. The van der Waals surface area contributed by atoms with Crippen molar-refractivity contribution in [2.45, 2.75) is 6.92 Å². The summed E-state index contributed by atoms with van der Waals surface area (Å²) in [5.41, 5.74) is 11.6. The molecule has 0 saturated carbocycles. The maximum Gasteiger partial charge on any atom is 0.162 e. The molecule has 0 spiro atoms. The van der Waals surface area contributed by atoms with Crippen molar-refractivity contribution in [1.82, 2.24) is 15.0 Å². The van der Waals surface area contributed by atoms with E-state index >= 15 is 0 Å². The monoisotopic (exact) mass is 668 g/mol. The summed E-state index contributed by atoms with van der Waals surface area (Å²) >= 11 is 0. The molecule has 5 aromatic carbocycles. The fourth-order valence-corrected chi connectivity index (χ4v) is 7.04. The van der Waals surface area contributed by atoms with Crippen LogP contribution in [-0.2, 0) is 0 Å². The van der Waals surface area contributed by atoms with Gasteiger partial charge in [-0.2, -0.15) is 0 Å². The Balaban J connectivity index is 1.22. The minimum atomic E-state index is 0.689. The van der Waals surface area contributed by atoms with Crippen molar-refractivity contribution in [3.63, 3.8) is 0 Å². The molecule has 5 heteroatoms. The van der Waals surface area contributed by atoms with Gasteiger partial charge in [-0.25, -0.2) is 9.97 Å². The summed E-state index contributed by atoms with van der Waals surface area (Å²) in [5.74, 6) is 0. The number of rotatable bonds is 7. The first-order chi connectivity index (χ1) is 25.7. The van der Waals surface area contributed by atoms with E-state index in [-0.39, 0.29) is 0 Å². The Labute approximate surface area is 301 Å². The smallest absolute Gasteiger partial charge is 0.162 e. The standard InChI is InChI=1S/C47H32N4O/c1-3-4-20-40(48-2)42-28-34(29-43(50-42)41-21-9-10-25-49-41)32-16-11-15-31(26-32)33-23-24-39-38(27-33)45-37-18-7-8-22-44(37)52-47(45)46(51-39)36-19-12-14-30-13-5-6-17-35(30)36/h3-29H,2H2,1H3/b4-3-,40-20-. The summed E-state index contributed by atoms with van der Waals surface area (Å²) in [7, 11) is 0. The molecule has 0 saturated heterocycles. The molecule has 0 N–H and O–H groups in total. The van der Waals surface area contributed by atoms with Crippen molar-refractivity contribution in [1.29, 1.82) is 0 Å². The number of benzene rings is 5. The molecule has 246 valence electrons. The van der Waals surface area contributed by atoms with Gasteiger partial charge >= 0.3 is 0 Å². The molecule has 0 bridgehead atoms. The van der Waals surface area contributed by atoms with Gasteiger partial charge < -0.3 is 4.42 Å². The summed E-state index contributed by atoms with van der Waals surface area (Å²) in [6.45, 7) is 5.80. The van der Waals surface area contributed by atoms with Gasteiger partial charge in [-0.3, -0.25) is 9.98 Å². The molecule has 0 aliphatic rings. The second-order valence-electron chi connectivity index (χ2n) is 12.7. The van der Waals surface area contributed by atoms with E-state index < -0.39 is 0 Å². The van der Waals surface area contributed by atoms with Crippen molar-refractivity contribution in [2.75, 3.05) is 0 Å². The lowest BCUT2D eigenvalue weighted by atomic mass is 9.95. The van der Waals surface area contributed by atoms with Crippen molar-refractivity contribution in [3.8, 4) is 44.9 Å². The molecule has 4 aromatic heterocycles. The van der Waals surface area contributed by atoms with Crippen LogP contribution in [-0.4, -0.2) is 21.7 Å². The van der Waals surface area contributed by atoms with Crippen LogP contribution in [0.25, 0.3) is 94.2 Å². The van der Waals surface area contributed by atoms with Gasteiger partial charge in [0.15, 0.2) is 5.58 Å². The van der Waals surface area contributed by atoms with E-state index in [9.17, 15) is 0 Å². The Bertz CT molecular complexity index is 2880. The van der Waals surface area contributed by atoms with Crippen LogP contribution in [0.15, 0.2) is 173 Å². The molecule has 0 aliphatic heterocycles. The highest BCUT2D eigenvalue weighted by Crippen LogP contribution is 2.42. The van der Waals surface area contributed by atoms with Crippen LogP contribution < -0.4 is 0 Å². The molecule has 5 nitrogen and oxygen atoms in total. The Morgan fingerprint density at radius 1 is 0.654 bits per heavy atom. The van der Waals surface area contributed by atoms with E-state index in [0.717, 1.165) is 88.8 Å². The molecular formula is C47H32N4O. The topological polar surface area (TPSA) is 64.2 Å². The van der Waals surface area contributed by atoms with E-state index in [0.29, 0.717) is 5.70 Å². The predicted octanol–water partition coefficient (Wildman–Crippen LogP) is 12.4. The van der Waals surface area contributed by atoms with Gasteiger partial charge in [0.1, 0.15) is 11.3 Å². The lowest BCUT2D eigenvalue weighted by molar-refractivity contribution is 0.669. The zero-order chi connectivity index (χ0) is 35.0. The fourth-order valence-electron chi connectivity index (χ4n) is 7.04. The third-order valence-corrected chi connectivity index (χ3v) is 9.51. The Hall–Kier alpha value is -6.98. The summed E-state index contributed by atoms with van der Waals surface area (Å²) in [5, 5.41) is 5.50. The van der Waals surface area contributed by atoms with Crippen LogP contribution in [0.3, 0.4) is 0 Å². The first-order valence-electron chi connectivity index (χ1n) is 17.3. The fraction of sp³-hybridized carbons (Fsp3) is 0.0213. The van der Waals surface area contributed by atoms with Crippen LogP contribution in [0.4, 0.5) is 0 Å². The second kappa shape index (κ2) is 13.0. The highest BCUT2D eigenvalue weighted by atomic mass is 16.3. The molecule has 4 heterocycles. The van der Waals surface area contributed by atoms with Gasteiger partial charge in [0.05, 0.1) is 28.3 Å².